The van der Waals surface area contributed by atoms with Crippen LogP contribution >= 0.6 is 0 Å². The fourth-order valence-corrected chi connectivity index (χ4v) is 3.35. The van der Waals surface area contributed by atoms with Gasteiger partial charge >= 0.3 is 0 Å². The SMILES string of the molecule is CCCS(=O)(=O)c1ccccc1NCc1ccn[nH]1. The van der Waals surface area contributed by atoms with Crippen molar-refractivity contribution in [2.75, 3.05) is 11.1 Å². The van der Waals surface area contributed by atoms with Crippen molar-refractivity contribution in [3.63, 3.8) is 0 Å². The highest BCUT2D eigenvalue weighted by Crippen LogP contribution is 2.22. The number of nitrogens with one attached hydrogen (secondary N) is 2. The van der Waals surface area contributed by atoms with Crippen LogP contribution in [0.15, 0.2) is 41.4 Å². The van der Waals surface area contributed by atoms with Crippen LogP contribution in [0.2, 0.25) is 0 Å². The first-order chi connectivity index (χ1) is 9.13. The fourth-order valence-electron chi connectivity index (χ4n) is 1.84. The van der Waals surface area contributed by atoms with E-state index in [1.54, 1.807) is 24.4 Å². The van der Waals surface area contributed by atoms with Gasteiger partial charge in [0.25, 0.3) is 0 Å². The highest BCUT2D eigenvalue weighted by atomic mass is 32.2. The summed E-state index contributed by atoms with van der Waals surface area (Å²) >= 11 is 0. The zero-order chi connectivity index (χ0) is 13.7. The molecule has 6 heteroatoms. The first kappa shape index (κ1) is 13.6. The van der Waals surface area contributed by atoms with E-state index in [0.717, 1.165) is 5.69 Å². The predicted octanol–water partition coefficient (Wildman–Crippen LogP) is 2.21. The Morgan fingerprint density at radius 3 is 2.74 bits per heavy atom. The maximum atomic E-state index is 12.2. The fraction of sp³-hybridized carbons (Fsp3) is 0.308. The van der Waals surface area contributed by atoms with Gasteiger partial charge in [-0.15, -0.1) is 0 Å². The first-order valence-corrected chi connectivity index (χ1v) is 7.82. The van der Waals surface area contributed by atoms with Crippen molar-refractivity contribution in [3.8, 4) is 0 Å². The van der Waals surface area contributed by atoms with Crippen molar-refractivity contribution in [2.45, 2.75) is 24.8 Å². The zero-order valence-corrected chi connectivity index (χ0v) is 11.6. The number of hydrogen-bond acceptors (Lipinski definition) is 4. The molecule has 0 saturated carbocycles. The molecule has 0 aliphatic heterocycles. The van der Waals surface area contributed by atoms with E-state index < -0.39 is 9.84 Å². The smallest absolute Gasteiger partial charge is 0.180 e. The lowest BCUT2D eigenvalue weighted by molar-refractivity contribution is 0.595. The molecule has 0 amide bonds. The summed E-state index contributed by atoms with van der Waals surface area (Å²) < 4.78 is 24.3. The molecular weight excluding hydrogens is 262 g/mol. The second kappa shape index (κ2) is 5.88. The zero-order valence-electron chi connectivity index (χ0n) is 10.8. The third-order valence-electron chi connectivity index (χ3n) is 2.72. The van der Waals surface area contributed by atoms with Gasteiger partial charge < -0.3 is 5.32 Å². The number of aromatic nitrogens is 2. The van der Waals surface area contributed by atoms with Crippen LogP contribution < -0.4 is 5.32 Å². The molecular formula is C13H17N3O2S. The molecule has 0 saturated heterocycles. The molecule has 19 heavy (non-hydrogen) atoms. The highest BCUT2D eigenvalue weighted by molar-refractivity contribution is 7.91. The lowest BCUT2D eigenvalue weighted by atomic mass is 10.3. The van der Waals surface area contributed by atoms with Gasteiger partial charge in [-0.25, -0.2) is 8.42 Å². The maximum absolute atomic E-state index is 12.2. The molecule has 2 N–H and O–H groups in total. The summed E-state index contributed by atoms with van der Waals surface area (Å²) in [4.78, 5) is 0.358. The van der Waals surface area contributed by atoms with Gasteiger partial charge in [0.1, 0.15) is 0 Å². The summed E-state index contributed by atoms with van der Waals surface area (Å²) in [6.45, 7) is 2.37. The molecule has 0 unspecified atom stereocenters. The third-order valence-corrected chi connectivity index (χ3v) is 4.69. The van der Waals surface area contributed by atoms with E-state index in [1.807, 2.05) is 19.1 Å². The molecule has 2 rings (SSSR count). The number of hydrogen-bond donors (Lipinski definition) is 2. The minimum atomic E-state index is -3.22. The van der Waals surface area contributed by atoms with Crippen LogP contribution in [-0.2, 0) is 16.4 Å². The summed E-state index contributed by atoms with van der Waals surface area (Å²) in [7, 11) is -3.22. The number of H-pyrrole nitrogens is 1. The summed E-state index contributed by atoms with van der Waals surface area (Å²) in [5.41, 5.74) is 1.54. The van der Waals surface area contributed by atoms with Crippen LogP contribution in [0.1, 0.15) is 19.0 Å². The molecule has 0 spiro atoms. The van der Waals surface area contributed by atoms with Crippen molar-refractivity contribution in [2.24, 2.45) is 0 Å². The summed E-state index contributed by atoms with van der Waals surface area (Å²) in [6, 6.07) is 8.82. The van der Waals surface area contributed by atoms with Gasteiger partial charge in [-0.1, -0.05) is 19.1 Å². The van der Waals surface area contributed by atoms with Gasteiger partial charge in [0.15, 0.2) is 9.84 Å². The van der Waals surface area contributed by atoms with Crippen LogP contribution in [0.4, 0.5) is 5.69 Å². The van der Waals surface area contributed by atoms with Gasteiger partial charge in [-0.3, -0.25) is 5.10 Å². The van der Waals surface area contributed by atoms with E-state index >= 15 is 0 Å². The molecule has 2 aromatic rings. The van der Waals surface area contributed by atoms with Gasteiger partial charge in [0.05, 0.1) is 28.6 Å². The van der Waals surface area contributed by atoms with E-state index in [4.69, 9.17) is 0 Å². The minimum absolute atomic E-state index is 0.162. The van der Waals surface area contributed by atoms with E-state index in [1.165, 1.54) is 0 Å². The quantitative estimate of drug-likeness (QED) is 0.850. The lowest BCUT2D eigenvalue weighted by Gasteiger charge is -2.11. The Bertz CT molecular complexity index is 621. The minimum Gasteiger partial charge on any atom is -0.378 e. The molecule has 0 bridgehead atoms. The number of para-hydroxylation sites is 1. The molecule has 0 aliphatic carbocycles. The van der Waals surface area contributed by atoms with Gasteiger partial charge in [-0.2, -0.15) is 5.10 Å². The van der Waals surface area contributed by atoms with Crippen molar-refractivity contribution < 1.29 is 8.42 Å². The molecule has 0 fully saturated rings. The van der Waals surface area contributed by atoms with E-state index in [9.17, 15) is 8.42 Å². The normalized spacial score (nSPS) is 11.4. The largest absolute Gasteiger partial charge is 0.378 e. The standard InChI is InChI=1S/C13H17N3O2S/c1-2-9-19(17,18)13-6-4-3-5-12(13)14-10-11-7-8-15-16-11/h3-8,14H,2,9-10H2,1H3,(H,15,16). The third kappa shape index (κ3) is 3.35. The van der Waals surface area contributed by atoms with Crippen LogP contribution in [0, 0.1) is 0 Å². The Morgan fingerprint density at radius 1 is 1.26 bits per heavy atom. The number of benzene rings is 1. The van der Waals surface area contributed by atoms with E-state index in [0.29, 0.717) is 23.5 Å². The van der Waals surface area contributed by atoms with E-state index in [-0.39, 0.29) is 5.75 Å². The first-order valence-electron chi connectivity index (χ1n) is 6.17. The molecule has 1 aromatic carbocycles. The Morgan fingerprint density at radius 2 is 2.05 bits per heavy atom. The van der Waals surface area contributed by atoms with Gasteiger partial charge in [0.2, 0.25) is 0 Å². The summed E-state index contributed by atoms with van der Waals surface area (Å²) in [6.07, 6.45) is 2.27. The molecule has 5 nitrogen and oxygen atoms in total. The van der Waals surface area contributed by atoms with Crippen molar-refractivity contribution in [1.82, 2.24) is 10.2 Å². The summed E-state index contributed by atoms with van der Waals surface area (Å²) in [5, 5.41) is 9.81. The molecule has 1 aromatic heterocycles. The Hall–Kier alpha value is -1.82. The molecule has 102 valence electrons. The van der Waals surface area contributed by atoms with Gasteiger partial charge in [-0.05, 0) is 24.6 Å². The van der Waals surface area contributed by atoms with E-state index in [2.05, 4.69) is 15.5 Å². The topological polar surface area (TPSA) is 74.8 Å². The summed E-state index contributed by atoms with van der Waals surface area (Å²) in [5.74, 6) is 0.162. The van der Waals surface area contributed by atoms with Crippen molar-refractivity contribution >= 4 is 15.5 Å². The monoisotopic (exact) mass is 279 g/mol. The Labute approximate surface area is 113 Å². The maximum Gasteiger partial charge on any atom is 0.180 e. The second-order valence-corrected chi connectivity index (χ2v) is 6.33. The van der Waals surface area contributed by atoms with Gasteiger partial charge in [0, 0.05) is 6.20 Å². The van der Waals surface area contributed by atoms with Crippen LogP contribution in [0.3, 0.4) is 0 Å². The average Bonchev–Trinajstić information content (AvgIpc) is 2.90. The second-order valence-electron chi connectivity index (χ2n) is 4.25. The number of sulfone groups is 1. The van der Waals surface area contributed by atoms with Crippen LogP contribution in [0.5, 0.6) is 0 Å². The average molecular weight is 279 g/mol. The molecule has 1 heterocycles. The van der Waals surface area contributed by atoms with Crippen LogP contribution in [-0.4, -0.2) is 24.4 Å². The van der Waals surface area contributed by atoms with Crippen LogP contribution in [0.25, 0.3) is 0 Å². The molecule has 0 radical (unpaired) electrons. The molecule has 0 atom stereocenters. The van der Waals surface area contributed by atoms with Crippen molar-refractivity contribution in [3.05, 3.63) is 42.2 Å². The Kier molecular flexibility index (Phi) is 4.21. The highest BCUT2D eigenvalue weighted by Gasteiger charge is 2.17. The number of rotatable bonds is 6. The molecule has 0 aliphatic rings. The Balaban J connectivity index is 2.21. The predicted molar refractivity (Wildman–Crippen MR) is 74.7 cm³/mol. The number of anilines is 1. The van der Waals surface area contributed by atoms with Crippen molar-refractivity contribution in [1.29, 1.82) is 0 Å². The number of nitrogens with zero attached hydrogens (tertiary/aromatic N) is 1. The lowest BCUT2D eigenvalue weighted by Crippen LogP contribution is -2.10. The number of aromatic amines is 1.